The molecule has 10 heteroatoms. The van der Waals surface area contributed by atoms with E-state index < -0.39 is 28.5 Å². The summed E-state index contributed by atoms with van der Waals surface area (Å²) in [7, 11) is 0. The molecule has 1 N–H and O–H groups in total. The van der Waals surface area contributed by atoms with Gasteiger partial charge in [-0.05, 0) is 6.07 Å². The van der Waals surface area contributed by atoms with E-state index in [1.165, 1.54) is 0 Å². The molecule has 0 saturated carbocycles. The maximum absolute atomic E-state index is 12.5. The van der Waals surface area contributed by atoms with Gasteiger partial charge < -0.3 is 4.98 Å². The van der Waals surface area contributed by atoms with Crippen molar-refractivity contribution in [2.24, 2.45) is 0 Å². The molecule has 0 aromatic carbocycles. The van der Waals surface area contributed by atoms with Crippen LogP contribution in [-0.4, -0.2) is 9.97 Å². The van der Waals surface area contributed by atoms with Crippen LogP contribution < -0.4 is 5.56 Å². The van der Waals surface area contributed by atoms with Gasteiger partial charge >= 0.3 is 12.4 Å². The van der Waals surface area contributed by atoms with E-state index >= 15 is 0 Å². The molecule has 0 aliphatic heterocycles. The van der Waals surface area contributed by atoms with Gasteiger partial charge in [0.2, 0.25) is 5.56 Å². The molecule has 3 nitrogen and oxygen atoms in total. The molecule has 2 aromatic heterocycles. The number of nitrogens with one attached hydrogen (secondary N) is 1. The molecule has 0 radical (unpaired) electrons. The fraction of sp³-hybridized carbons (Fsp3) is 0.200. The van der Waals surface area contributed by atoms with Crippen molar-refractivity contribution in [1.29, 1.82) is 0 Å². The maximum Gasteiger partial charge on any atom is 0.443 e. The third-order valence-electron chi connectivity index (χ3n) is 2.19. The quantitative estimate of drug-likeness (QED) is 0.818. The van der Waals surface area contributed by atoms with Crippen LogP contribution in [0.3, 0.4) is 0 Å². The summed E-state index contributed by atoms with van der Waals surface area (Å²) in [4.78, 5) is 16.1. The van der Waals surface area contributed by atoms with Crippen LogP contribution in [0, 0.1) is 0 Å². The summed E-state index contributed by atoms with van der Waals surface area (Å²) in [5.74, 6) is 0. The lowest BCUT2D eigenvalue weighted by Gasteiger charge is -2.07. The van der Waals surface area contributed by atoms with Crippen LogP contribution in [0.15, 0.2) is 23.1 Å². The van der Waals surface area contributed by atoms with E-state index in [0.29, 0.717) is 12.1 Å². The highest BCUT2D eigenvalue weighted by Gasteiger charge is 2.35. The number of rotatable bonds is 1. The lowest BCUT2D eigenvalue weighted by atomic mass is 10.2. The predicted molar refractivity (Wildman–Crippen MR) is 58.2 cm³/mol. The number of hydrogen-bond donors (Lipinski definition) is 1. The van der Waals surface area contributed by atoms with E-state index in [9.17, 15) is 31.1 Å². The summed E-state index contributed by atoms with van der Waals surface area (Å²) in [5.41, 5.74) is -2.66. The number of aromatic amines is 1. The minimum Gasteiger partial charge on any atom is -0.321 e. The van der Waals surface area contributed by atoms with Crippen molar-refractivity contribution in [3.63, 3.8) is 0 Å². The van der Waals surface area contributed by atoms with Gasteiger partial charge in [-0.15, -0.1) is 11.3 Å². The third-order valence-corrected chi connectivity index (χ3v) is 3.26. The number of nitrogens with zero attached hydrogens (tertiary/aromatic N) is 1. The molecule has 2 rings (SSSR count). The van der Waals surface area contributed by atoms with Gasteiger partial charge in [0.25, 0.3) is 0 Å². The lowest BCUT2D eigenvalue weighted by Crippen LogP contribution is -2.13. The molecular weight excluding hydrogens is 310 g/mol. The number of aromatic nitrogens is 2. The summed E-state index contributed by atoms with van der Waals surface area (Å²) in [6, 6.07) is 0.893. The van der Waals surface area contributed by atoms with Crippen LogP contribution >= 0.6 is 11.3 Å². The summed E-state index contributed by atoms with van der Waals surface area (Å²) < 4.78 is 74.6. The van der Waals surface area contributed by atoms with Crippen LogP contribution in [0.25, 0.3) is 10.6 Å². The Morgan fingerprint density at radius 1 is 1.05 bits per heavy atom. The molecule has 0 saturated heterocycles. The summed E-state index contributed by atoms with van der Waals surface area (Å²) in [5, 5.41) is -1.20. The van der Waals surface area contributed by atoms with E-state index in [0.717, 1.165) is 6.20 Å². The Balaban J connectivity index is 2.51. The second-order valence-corrected chi connectivity index (χ2v) is 4.70. The van der Waals surface area contributed by atoms with Gasteiger partial charge in [0.1, 0.15) is 0 Å². The van der Waals surface area contributed by atoms with E-state index in [1.54, 1.807) is 0 Å². The Kier molecular flexibility index (Phi) is 3.36. The van der Waals surface area contributed by atoms with E-state index in [1.807, 2.05) is 4.98 Å². The average molecular weight is 314 g/mol. The number of H-pyrrole nitrogens is 1. The zero-order valence-electron chi connectivity index (χ0n) is 9.26. The summed E-state index contributed by atoms with van der Waals surface area (Å²) in [6.07, 6.45) is -8.69. The van der Waals surface area contributed by atoms with E-state index in [2.05, 4.69) is 4.98 Å². The van der Waals surface area contributed by atoms with Crippen molar-refractivity contribution >= 4 is 11.3 Å². The van der Waals surface area contributed by atoms with E-state index in [-0.39, 0.29) is 21.9 Å². The monoisotopic (exact) mass is 314 g/mol. The first-order chi connectivity index (χ1) is 9.07. The minimum atomic E-state index is -4.76. The van der Waals surface area contributed by atoms with Crippen molar-refractivity contribution in [1.82, 2.24) is 9.97 Å². The average Bonchev–Trinajstić information content (AvgIpc) is 2.75. The first-order valence-corrected chi connectivity index (χ1v) is 5.74. The highest BCUT2D eigenvalue weighted by Crippen LogP contribution is 2.36. The molecule has 0 bridgehead atoms. The minimum absolute atomic E-state index is 0.147. The second-order valence-electron chi connectivity index (χ2n) is 3.67. The predicted octanol–water partition coefficient (Wildman–Crippen LogP) is 3.54. The van der Waals surface area contributed by atoms with Crippen LogP contribution in [-0.2, 0) is 12.4 Å². The van der Waals surface area contributed by atoms with Gasteiger partial charge in [-0.2, -0.15) is 26.3 Å². The SMILES string of the molecule is O=c1cc(C(F)(F)F)cc(-c2cnc(C(F)(F)F)s2)[nH]1. The zero-order chi connectivity index (χ0) is 15.1. The van der Waals surface area contributed by atoms with Gasteiger partial charge in [-0.25, -0.2) is 4.98 Å². The van der Waals surface area contributed by atoms with Crippen LogP contribution in [0.2, 0.25) is 0 Å². The Bertz CT molecular complexity index is 684. The van der Waals surface area contributed by atoms with E-state index in [4.69, 9.17) is 0 Å². The number of alkyl halides is 6. The number of halogens is 6. The maximum atomic E-state index is 12.5. The number of pyridine rings is 1. The molecule has 2 heterocycles. The highest BCUT2D eigenvalue weighted by atomic mass is 32.1. The zero-order valence-corrected chi connectivity index (χ0v) is 10.1. The molecule has 20 heavy (non-hydrogen) atoms. The molecule has 0 fully saturated rings. The van der Waals surface area contributed by atoms with Crippen LogP contribution in [0.5, 0.6) is 0 Å². The lowest BCUT2D eigenvalue weighted by molar-refractivity contribution is -0.138. The standard InChI is InChI=1S/C10H4F6N2OS/c11-9(12,13)4-1-5(18-7(19)2-4)6-3-17-8(20-6)10(14,15)16/h1-3H,(H,18,19). The topological polar surface area (TPSA) is 45.8 Å². The van der Waals surface area contributed by atoms with Gasteiger partial charge in [0, 0.05) is 12.3 Å². The Hall–Kier alpha value is -1.84. The van der Waals surface area contributed by atoms with Crippen LogP contribution in [0.4, 0.5) is 26.3 Å². The summed E-state index contributed by atoms with van der Waals surface area (Å²) >= 11 is 0.147. The van der Waals surface area contributed by atoms with Crippen LogP contribution in [0.1, 0.15) is 10.6 Å². The normalized spacial score (nSPS) is 12.7. The molecule has 0 spiro atoms. The number of hydrogen-bond acceptors (Lipinski definition) is 3. The fourth-order valence-electron chi connectivity index (χ4n) is 1.37. The molecule has 0 amide bonds. The number of thiazole rings is 1. The molecule has 0 aliphatic rings. The van der Waals surface area contributed by atoms with Crippen molar-refractivity contribution in [2.45, 2.75) is 12.4 Å². The summed E-state index contributed by atoms with van der Waals surface area (Å²) in [6.45, 7) is 0. The molecule has 2 aromatic rings. The smallest absolute Gasteiger partial charge is 0.321 e. The largest absolute Gasteiger partial charge is 0.443 e. The third kappa shape index (κ3) is 3.00. The van der Waals surface area contributed by atoms with Gasteiger partial charge in [0.15, 0.2) is 5.01 Å². The molecule has 0 aliphatic carbocycles. The van der Waals surface area contributed by atoms with Gasteiger partial charge in [-0.3, -0.25) is 4.79 Å². The molecule has 108 valence electrons. The fourth-order valence-corrected chi connectivity index (χ4v) is 2.12. The Labute approximate surface area is 110 Å². The Morgan fingerprint density at radius 2 is 1.70 bits per heavy atom. The Morgan fingerprint density at radius 3 is 2.20 bits per heavy atom. The van der Waals surface area contributed by atoms with Crippen molar-refractivity contribution < 1.29 is 26.3 Å². The van der Waals surface area contributed by atoms with Gasteiger partial charge in [0.05, 0.1) is 16.1 Å². The van der Waals surface area contributed by atoms with Gasteiger partial charge in [-0.1, -0.05) is 0 Å². The van der Waals surface area contributed by atoms with Crippen molar-refractivity contribution in [3.05, 3.63) is 39.3 Å². The molecular formula is C10H4F6N2OS. The molecule has 0 unspecified atom stereocenters. The highest BCUT2D eigenvalue weighted by molar-refractivity contribution is 7.15. The molecule has 0 atom stereocenters. The van der Waals surface area contributed by atoms with Crippen molar-refractivity contribution in [3.8, 4) is 10.6 Å². The second kappa shape index (κ2) is 4.62. The first kappa shape index (κ1) is 14.6. The van der Waals surface area contributed by atoms with Crippen molar-refractivity contribution in [2.75, 3.05) is 0 Å². The first-order valence-electron chi connectivity index (χ1n) is 4.92.